The monoisotopic (exact) mass is 703 g/mol. The molecule has 0 radical (unpaired) electrons. The maximum absolute atomic E-state index is 14.0. The van der Waals surface area contributed by atoms with Gasteiger partial charge in [-0.3, -0.25) is 19.2 Å². The molecule has 0 bridgehead atoms. The van der Waals surface area contributed by atoms with Gasteiger partial charge in [0.2, 0.25) is 17.7 Å². The molecule has 3 amide bonds. The van der Waals surface area contributed by atoms with Gasteiger partial charge in [0.05, 0.1) is 33.8 Å². The van der Waals surface area contributed by atoms with Crippen LogP contribution in [-0.4, -0.2) is 98.0 Å². The smallest absolute Gasteiger partial charge is 0.325 e. The topological polar surface area (TPSA) is 106 Å². The van der Waals surface area contributed by atoms with Crippen LogP contribution in [0.3, 0.4) is 0 Å². The summed E-state index contributed by atoms with van der Waals surface area (Å²) < 4.78 is 15.9. The average molecular weight is 705 g/mol. The second-order valence-corrected chi connectivity index (χ2v) is 12.8. The first-order valence-corrected chi connectivity index (χ1v) is 17.0. The van der Waals surface area contributed by atoms with Gasteiger partial charge in [0.1, 0.15) is 12.6 Å². The number of nitrogens with zero attached hydrogens (tertiary/aromatic N) is 3. The fraction of sp³-hybridized carbons (Fsp3) is 0.412. The number of methoxy groups -OCH3 is 2. The number of rotatable bonds is 16. The van der Waals surface area contributed by atoms with Gasteiger partial charge >= 0.3 is 5.97 Å². The average Bonchev–Trinajstić information content (AvgIpc) is 3.58. The van der Waals surface area contributed by atoms with Gasteiger partial charge < -0.3 is 28.9 Å². The predicted octanol–water partition coefficient (Wildman–Crippen LogP) is 4.92. The van der Waals surface area contributed by atoms with E-state index in [4.69, 9.17) is 37.4 Å². The van der Waals surface area contributed by atoms with E-state index in [0.29, 0.717) is 40.8 Å². The predicted molar refractivity (Wildman–Crippen MR) is 181 cm³/mol. The molecule has 1 aliphatic heterocycles. The van der Waals surface area contributed by atoms with Crippen molar-refractivity contribution < 1.29 is 33.4 Å². The molecular formula is C34H39Cl2N3O7S. The van der Waals surface area contributed by atoms with Crippen molar-refractivity contribution in [1.82, 2.24) is 14.7 Å². The number of amides is 3. The Kier molecular flexibility index (Phi) is 13.3. The van der Waals surface area contributed by atoms with Gasteiger partial charge in [-0.15, -0.1) is 11.3 Å². The van der Waals surface area contributed by atoms with E-state index >= 15 is 0 Å². The van der Waals surface area contributed by atoms with Gasteiger partial charge in [0.25, 0.3) is 0 Å². The minimum Gasteiger partial charge on any atom is -0.493 e. The molecule has 1 unspecified atom stereocenters. The standard InChI is InChI=1S/C34H39Cl2N3O7S/c1-4-46-33(42)22-37(14-11-23-7-10-29(44-2)30(18-23)45-3)31(40)20-28-34(43)38(15-12-24-8-9-25(35)19-27(24)36)21-32(41)39(28)16-13-26-6-5-17-47-26/h5-10,17-19,28H,4,11-16,20-22H2,1-3H3. The summed E-state index contributed by atoms with van der Waals surface area (Å²) in [6.45, 7) is 2.15. The van der Waals surface area contributed by atoms with Crippen LogP contribution in [0.2, 0.25) is 10.0 Å². The summed E-state index contributed by atoms with van der Waals surface area (Å²) in [5, 5.41) is 2.93. The molecule has 1 atom stereocenters. The zero-order valence-electron chi connectivity index (χ0n) is 26.7. The SMILES string of the molecule is CCOC(=O)CN(CCc1ccc(OC)c(OC)c1)C(=O)CC1C(=O)N(CCc2ccc(Cl)cc2Cl)CC(=O)N1CCc1cccs1. The highest BCUT2D eigenvalue weighted by molar-refractivity contribution is 7.09. The van der Waals surface area contributed by atoms with E-state index in [9.17, 15) is 19.2 Å². The molecule has 47 heavy (non-hydrogen) atoms. The fourth-order valence-corrected chi connectivity index (χ4v) is 6.63. The lowest BCUT2D eigenvalue weighted by molar-refractivity contribution is -0.158. The van der Waals surface area contributed by atoms with Gasteiger partial charge in [-0.25, -0.2) is 0 Å². The van der Waals surface area contributed by atoms with Crippen molar-refractivity contribution in [1.29, 1.82) is 0 Å². The number of hydrogen-bond donors (Lipinski definition) is 0. The molecule has 252 valence electrons. The van der Waals surface area contributed by atoms with Gasteiger partial charge in [0, 0.05) is 34.6 Å². The zero-order valence-corrected chi connectivity index (χ0v) is 29.0. The fourth-order valence-electron chi connectivity index (χ4n) is 5.43. The molecule has 1 fully saturated rings. The number of hydrogen-bond acceptors (Lipinski definition) is 8. The van der Waals surface area contributed by atoms with E-state index in [-0.39, 0.29) is 57.6 Å². The largest absolute Gasteiger partial charge is 0.493 e. The van der Waals surface area contributed by atoms with E-state index in [2.05, 4.69) is 0 Å². The van der Waals surface area contributed by atoms with Crippen LogP contribution in [0.15, 0.2) is 53.9 Å². The Morgan fingerprint density at radius 1 is 0.979 bits per heavy atom. The normalized spacial score (nSPS) is 14.7. The highest BCUT2D eigenvalue weighted by atomic mass is 35.5. The summed E-state index contributed by atoms with van der Waals surface area (Å²) in [5.74, 6) is -0.458. The van der Waals surface area contributed by atoms with Crippen LogP contribution in [0.5, 0.6) is 11.5 Å². The Morgan fingerprint density at radius 2 is 1.77 bits per heavy atom. The third-order valence-corrected chi connectivity index (χ3v) is 9.45. The number of thiophene rings is 1. The maximum Gasteiger partial charge on any atom is 0.325 e. The molecule has 2 heterocycles. The number of esters is 1. The van der Waals surface area contributed by atoms with Crippen molar-refractivity contribution in [3.63, 3.8) is 0 Å². The molecule has 3 aromatic rings. The number of benzene rings is 2. The summed E-state index contributed by atoms with van der Waals surface area (Å²) in [5.41, 5.74) is 1.65. The Balaban J connectivity index is 1.54. The highest BCUT2D eigenvalue weighted by Crippen LogP contribution is 2.28. The van der Waals surface area contributed by atoms with Crippen molar-refractivity contribution >= 4 is 58.2 Å². The summed E-state index contributed by atoms with van der Waals surface area (Å²) in [4.78, 5) is 59.5. The van der Waals surface area contributed by atoms with Crippen LogP contribution in [0.25, 0.3) is 0 Å². The first-order chi connectivity index (χ1) is 22.6. The van der Waals surface area contributed by atoms with Gasteiger partial charge in [-0.2, -0.15) is 0 Å². The molecule has 0 spiro atoms. The van der Waals surface area contributed by atoms with E-state index < -0.39 is 17.9 Å². The number of carbonyl (C=O) groups is 4. The maximum atomic E-state index is 14.0. The van der Waals surface area contributed by atoms with Gasteiger partial charge in [0.15, 0.2) is 11.5 Å². The molecule has 2 aromatic carbocycles. The van der Waals surface area contributed by atoms with Crippen LogP contribution in [0.4, 0.5) is 0 Å². The lowest BCUT2D eigenvalue weighted by Gasteiger charge is -2.40. The molecule has 1 aliphatic rings. The molecular weight excluding hydrogens is 665 g/mol. The van der Waals surface area contributed by atoms with Crippen molar-refractivity contribution in [2.24, 2.45) is 0 Å². The third-order valence-electron chi connectivity index (χ3n) is 7.93. The molecule has 4 rings (SSSR count). The lowest BCUT2D eigenvalue weighted by atomic mass is 10.0. The van der Waals surface area contributed by atoms with Gasteiger partial charge in [-0.05, 0) is 73.0 Å². The number of halogens is 2. The van der Waals surface area contributed by atoms with Crippen molar-refractivity contribution in [2.45, 2.75) is 38.6 Å². The van der Waals surface area contributed by atoms with Crippen molar-refractivity contribution in [2.75, 3.05) is 53.6 Å². The lowest BCUT2D eigenvalue weighted by Crippen LogP contribution is -2.61. The van der Waals surface area contributed by atoms with Crippen LogP contribution in [0, 0.1) is 0 Å². The van der Waals surface area contributed by atoms with Gasteiger partial charge in [-0.1, -0.05) is 41.4 Å². The first-order valence-electron chi connectivity index (χ1n) is 15.3. The van der Waals surface area contributed by atoms with Crippen LogP contribution >= 0.6 is 34.5 Å². The molecule has 13 heteroatoms. The van der Waals surface area contributed by atoms with E-state index in [1.165, 1.54) is 21.8 Å². The Hall–Kier alpha value is -3.80. The first kappa shape index (κ1) is 36.0. The minimum absolute atomic E-state index is 0.106. The second-order valence-electron chi connectivity index (χ2n) is 10.9. The summed E-state index contributed by atoms with van der Waals surface area (Å²) in [7, 11) is 3.09. The quantitative estimate of drug-likeness (QED) is 0.195. The highest BCUT2D eigenvalue weighted by Gasteiger charge is 2.41. The van der Waals surface area contributed by atoms with E-state index in [1.54, 1.807) is 49.6 Å². The zero-order chi connectivity index (χ0) is 33.9. The van der Waals surface area contributed by atoms with E-state index in [0.717, 1.165) is 16.0 Å². The summed E-state index contributed by atoms with van der Waals surface area (Å²) in [6.07, 6.45) is 1.08. The Morgan fingerprint density at radius 3 is 2.45 bits per heavy atom. The number of piperazine rings is 1. The molecule has 0 aliphatic carbocycles. The molecule has 0 N–H and O–H groups in total. The van der Waals surface area contributed by atoms with Crippen molar-refractivity contribution in [3.8, 4) is 11.5 Å². The summed E-state index contributed by atoms with van der Waals surface area (Å²) >= 11 is 14.0. The summed E-state index contributed by atoms with van der Waals surface area (Å²) in [6, 6.07) is 13.5. The Labute approximate surface area is 289 Å². The van der Waals surface area contributed by atoms with Crippen LogP contribution in [-0.2, 0) is 43.2 Å². The number of ether oxygens (including phenoxy) is 3. The third kappa shape index (κ3) is 9.85. The Bertz CT molecular complexity index is 1550. The second kappa shape index (κ2) is 17.4. The van der Waals surface area contributed by atoms with Crippen LogP contribution < -0.4 is 9.47 Å². The van der Waals surface area contributed by atoms with Crippen molar-refractivity contribution in [3.05, 3.63) is 80.0 Å². The van der Waals surface area contributed by atoms with Crippen LogP contribution in [0.1, 0.15) is 29.3 Å². The number of carbonyl (C=O) groups excluding carboxylic acids is 4. The molecule has 0 saturated carbocycles. The molecule has 10 nitrogen and oxygen atoms in total. The molecule has 1 saturated heterocycles. The van der Waals surface area contributed by atoms with E-state index in [1.807, 2.05) is 29.6 Å². The minimum atomic E-state index is -1.03. The molecule has 1 aromatic heterocycles.